The lowest BCUT2D eigenvalue weighted by atomic mass is 10.2. The summed E-state index contributed by atoms with van der Waals surface area (Å²) in [4.78, 5) is 38.9. The maximum atomic E-state index is 12.3. The minimum Gasteiger partial charge on any atom is -0.486 e. The summed E-state index contributed by atoms with van der Waals surface area (Å²) in [6.07, 6.45) is 0. The largest absolute Gasteiger partial charge is 0.486 e. The van der Waals surface area contributed by atoms with Gasteiger partial charge in [0.05, 0.1) is 13.1 Å². The highest BCUT2D eigenvalue weighted by atomic mass is 16.6. The second kappa shape index (κ2) is 8.05. The van der Waals surface area contributed by atoms with Crippen LogP contribution in [0.2, 0.25) is 0 Å². The van der Waals surface area contributed by atoms with E-state index >= 15 is 0 Å². The van der Waals surface area contributed by atoms with Crippen LogP contribution in [-0.2, 0) is 9.59 Å². The molecule has 140 valence electrons. The van der Waals surface area contributed by atoms with Gasteiger partial charge in [-0.1, -0.05) is 6.92 Å². The SMILES string of the molecule is CCN(CC(=O)Nc1ccc2c(c1)OCCO2)CC(=O)N1CCNC1=O. The van der Waals surface area contributed by atoms with E-state index in [1.165, 1.54) is 4.90 Å². The molecule has 3 rings (SSSR count). The van der Waals surface area contributed by atoms with Gasteiger partial charge in [0.2, 0.25) is 11.8 Å². The van der Waals surface area contributed by atoms with Crippen molar-refractivity contribution in [1.82, 2.24) is 15.1 Å². The molecule has 0 radical (unpaired) electrons. The summed E-state index contributed by atoms with van der Waals surface area (Å²) >= 11 is 0. The molecule has 2 aliphatic rings. The summed E-state index contributed by atoms with van der Waals surface area (Å²) in [5.74, 6) is 0.687. The molecule has 2 N–H and O–H groups in total. The number of urea groups is 1. The lowest BCUT2D eigenvalue weighted by molar-refractivity contribution is -0.129. The number of benzene rings is 1. The van der Waals surface area contributed by atoms with Crippen LogP contribution < -0.4 is 20.1 Å². The van der Waals surface area contributed by atoms with Crippen molar-refractivity contribution in [3.05, 3.63) is 18.2 Å². The van der Waals surface area contributed by atoms with Gasteiger partial charge >= 0.3 is 6.03 Å². The van der Waals surface area contributed by atoms with Crippen molar-refractivity contribution in [1.29, 1.82) is 0 Å². The van der Waals surface area contributed by atoms with Crippen molar-refractivity contribution in [2.24, 2.45) is 0 Å². The zero-order valence-electron chi connectivity index (χ0n) is 14.6. The Labute approximate surface area is 151 Å². The quantitative estimate of drug-likeness (QED) is 0.754. The number of carbonyl (C=O) groups is 3. The highest BCUT2D eigenvalue weighted by Crippen LogP contribution is 2.32. The molecule has 1 aromatic rings. The first-order valence-corrected chi connectivity index (χ1v) is 8.57. The Kier molecular flexibility index (Phi) is 5.57. The molecular weight excluding hydrogens is 340 g/mol. The minimum absolute atomic E-state index is 0.0124. The Morgan fingerprint density at radius 3 is 2.69 bits per heavy atom. The number of ether oxygens (including phenoxy) is 2. The van der Waals surface area contributed by atoms with Crippen molar-refractivity contribution in [2.75, 3.05) is 51.3 Å². The van der Waals surface area contributed by atoms with Crippen LogP contribution in [0.5, 0.6) is 11.5 Å². The second-order valence-corrected chi connectivity index (χ2v) is 5.99. The Bertz CT molecular complexity index is 708. The van der Waals surface area contributed by atoms with E-state index in [4.69, 9.17) is 9.47 Å². The lowest BCUT2D eigenvalue weighted by Crippen LogP contribution is -2.44. The van der Waals surface area contributed by atoms with Crippen LogP contribution in [0.4, 0.5) is 10.5 Å². The normalized spacial score (nSPS) is 15.8. The Morgan fingerprint density at radius 1 is 1.23 bits per heavy atom. The van der Waals surface area contributed by atoms with Gasteiger partial charge < -0.3 is 20.1 Å². The molecule has 0 aromatic heterocycles. The molecule has 2 heterocycles. The van der Waals surface area contributed by atoms with Crippen molar-refractivity contribution < 1.29 is 23.9 Å². The van der Waals surface area contributed by atoms with Crippen LogP contribution in [0.1, 0.15) is 6.92 Å². The molecule has 2 aliphatic heterocycles. The van der Waals surface area contributed by atoms with Crippen LogP contribution in [0.3, 0.4) is 0 Å². The number of fused-ring (bicyclic) bond motifs is 1. The van der Waals surface area contributed by atoms with Gasteiger partial charge in [-0.2, -0.15) is 0 Å². The van der Waals surface area contributed by atoms with Gasteiger partial charge in [-0.15, -0.1) is 0 Å². The van der Waals surface area contributed by atoms with Gasteiger partial charge in [0.1, 0.15) is 13.2 Å². The number of imide groups is 1. The number of rotatable bonds is 6. The topological polar surface area (TPSA) is 100 Å². The molecule has 0 aliphatic carbocycles. The van der Waals surface area contributed by atoms with Crippen LogP contribution >= 0.6 is 0 Å². The predicted octanol–water partition coefficient (Wildman–Crippen LogP) is 0.270. The first-order valence-electron chi connectivity index (χ1n) is 8.57. The number of hydrogen-bond donors (Lipinski definition) is 2. The van der Waals surface area contributed by atoms with E-state index in [0.29, 0.717) is 50.0 Å². The van der Waals surface area contributed by atoms with Crippen molar-refractivity contribution in [3.63, 3.8) is 0 Å². The summed E-state index contributed by atoms with van der Waals surface area (Å²) in [6, 6.07) is 4.81. The fraction of sp³-hybridized carbons (Fsp3) is 0.471. The van der Waals surface area contributed by atoms with Gasteiger partial charge in [-0.25, -0.2) is 4.79 Å². The van der Waals surface area contributed by atoms with E-state index in [1.54, 1.807) is 23.1 Å². The summed E-state index contributed by atoms with van der Waals surface area (Å²) in [5.41, 5.74) is 0.598. The standard InChI is InChI=1S/C17H22N4O5/c1-2-20(11-16(23)21-6-5-18-17(21)24)10-15(22)19-12-3-4-13-14(9-12)26-8-7-25-13/h3-4,9H,2,5-8,10-11H2,1H3,(H,18,24)(H,19,22). The highest BCUT2D eigenvalue weighted by Gasteiger charge is 2.27. The molecule has 26 heavy (non-hydrogen) atoms. The Hall–Kier alpha value is -2.81. The van der Waals surface area contributed by atoms with E-state index in [2.05, 4.69) is 10.6 Å². The number of nitrogens with zero attached hydrogens (tertiary/aromatic N) is 2. The number of carbonyl (C=O) groups excluding carboxylic acids is 3. The first-order chi connectivity index (χ1) is 12.6. The van der Waals surface area contributed by atoms with E-state index in [1.807, 2.05) is 6.92 Å². The third-order valence-electron chi connectivity index (χ3n) is 4.16. The molecule has 1 fully saturated rings. The fourth-order valence-corrected chi connectivity index (χ4v) is 2.79. The van der Waals surface area contributed by atoms with Crippen LogP contribution in [0, 0.1) is 0 Å². The molecule has 0 saturated carbocycles. The number of likely N-dealkylation sites (N-methyl/N-ethyl adjacent to an activating group) is 1. The number of hydrogen-bond acceptors (Lipinski definition) is 6. The molecule has 0 atom stereocenters. The average molecular weight is 362 g/mol. The highest BCUT2D eigenvalue weighted by molar-refractivity contribution is 5.97. The maximum absolute atomic E-state index is 12.3. The van der Waals surface area contributed by atoms with Crippen LogP contribution in [-0.4, -0.2) is 73.6 Å². The van der Waals surface area contributed by atoms with Gasteiger partial charge in [0, 0.05) is 24.8 Å². The zero-order valence-corrected chi connectivity index (χ0v) is 14.6. The third-order valence-corrected chi connectivity index (χ3v) is 4.16. The van der Waals surface area contributed by atoms with Gasteiger partial charge in [-0.05, 0) is 18.7 Å². The van der Waals surface area contributed by atoms with Gasteiger partial charge in [-0.3, -0.25) is 19.4 Å². The Morgan fingerprint density at radius 2 is 2.00 bits per heavy atom. The van der Waals surface area contributed by atoms with Crippen molar-refractivity contribution in [3.8, 4) is 11.5 Å². The predicted molar refractivity (Wildman–Crippen MR) is 93.3 cm³/mol. The smallest absolute Gasteiger partial charge is 0.324 e. The average Bonchev–Trinajstić information content (AvgIpc) is 3.07. The van der Waals surface area contributed by atoms with E-state index in [9.17, 15) is 14.4 Å². The minimum atomic E-state index is -0.383. The third kappa shape index (κ3) is 4.23. The number of amides is 4. The van der Waals surface area contributed by atoms with E-state index in [0.717, 1.165) is 0 Å². The number of nitrogens with one attached hydrogen (secondary N) is 2. The lowest BCUT2D eigenvalue weighted by Gasteiger charge is -2.22. The fourth-order valence-electron chi connectivity index (χ4n) is 2.79. The van der Waals surface area contributed by atoms with Gasteiger partial charge in [0.25, 0.3) is 0 Å². The number of anilines is 1. The zero-order chi connectivity index (χ0) is 18.5. The molecule has 9 nitrogen and oxygen atoms in total. The molecular formula is C17H22N4O5. The molecule has 0 bridgehead atoms. The molecule has 1 aromatic carbocycles. The van der Waals surface area contributed by atoms with Gasteiger partial charge in [0.15, 0.2) is 11.5 Å². The summed E-state index contributed by atoms with van der Waals surface area (Å²) in [7, 11) is 0. The second-order valence-electron chi connectivity index (χ2n) is 5.99. The molecule has 1 saturated heterocycles. The first kappa shape index (κ1) is 18.0. The molecule has 0 unspecified atom stereocenters. The molecule has 9 heteroatoms. The summed E-state index contributed by atoms with van der Waals surface area (Å²) in [6.45, 7) is 4.22. The monoisotopic (exact) mass is 362 g/mol. The summed E-state index contributed by atoms with van der Waals surface area (Å²) in [5, 5.41) is 5.37. The van der Waals surface area contributed by atoms with Crippen LogP contribution in [0.25, 0.3) is 0 Å². The molecule has 4 amide bonds. The van der Waals surface area contributed by atoms with Crippen molar-refractivity contribution in [2.45, 2.75) is 6.92 Å². The summed E-state index contributed by atoms with van der Waals surface area (Å²) < 4.78 is 10.9. The van der Waals surface area contributed by atoms with Crippen molar-refractivity contribution >= 4 is 23.5 Å². The van der Waals surface area contributed by atoms with E-state index < -0.39 is 0 Å². The maximum Gasteiger partial charge on any atom is 0.324 e. The molecule has 0 spiro atoms. The van der Waals surface area contributed by atoms with Crippen LogP contribution in [0.15, 0.2) is 18.2 Å². The van der Waals surface area contributed by atoms with E-state index in [-0.39, 0.29) is 30.9 Å². The Balaban J connectivity index is 1.54.